The maximum atomic E-state index is 11.8. The Labute approximate surface area is 163 Å². The summed E-state index contributed by atoms with van der Waals surface area (Å²) in [5.74, 6) is 0.901. The van der Waals surface area contributed by atoms with Gasteiger partial charge < -0.3 is 24.4 Å². The number of carbonyl (C=O) groups excluding carboxylic acids is 2. The fraction of sp³-hybridized carbons (Fsp3) is 0.368. The smallest absolute Gasteiger partial charge is 0.326 e. The summed E-state index contributed by atoms with van der Waals surface area (Å²) in [4.78, 5) is 33.1. The van der Waals surface area contributed by atoms with Gasteiger partial charge in [-0.25, -0.2) is 9.97 Å². The summed E-state index contributed by atoms with van der Waals surface area (Å²) in [7, 11) is 1.66. The lowest BCUT2D eigenvalue weighted by Gasteiger charge is -2.15. The SMILES string of the molecule is CCOc1ccc(OCCNC(=O)COC(=O)CN(C)c2ncccn2)cc1. The molecule has 1 aromatic heterocycles. The summed E-state index contributed by atoms with van der Waals surface area (Å²) in [6, 6.07) is 8.89. The molecule has 0 saturated carbocycles. The Bertz CT molecular complexity index is 740. The monoisotopic (exact) mass is 388 g/mol. The molecule has 2 rings (SSSR count). The molecule has 0 spiro atoms. The third-order valence-electron chi connectivity index (χ3n) is 3.45. The van der Waals surface area contributed by atoms with Crippen LogP contribution < -0.4 is 19.7 Å². The van der Waals surface area contributed by atoms with Crippen LogP contribution in [0.25, 0.3) is 0 Å². The van der Waals surface area contributed by atoms with E-state index in [2.05, 4.69) is 15.3 Å². The normalized spacial score (nSPS) is 10.1. The summed E-state index contributed by atoms with van der Waals surface area (Å²) >= 11 is 0. The fourth-order valence-electron chi connectivity index (χ4n) is 2.15. The molecule has 0 saturated heterocycles. The number of amides is 1. The minimum absolute atomic E-state index is 0.0574. The quantitative estimate of drug-likeness (QED) is 0.450. The number of nitrogens with one attached hydrogen (secondary N) is 1. The lowest BCUT2D eigenvalue weighted by Crippen LogP contribution is -2.34. The van der Waals surface area contributed by atoms with Crippen molar-refractivity contribution in [1.29, 1.82) is 0 Å². The molecule has 0 unspecified atom stereocenters. The fourth-order valence-corrected chi connectivity index (χ4v) is 2.15. The molecule has 1 N–H and O–H groups in total. The van der Waals surface area contributed by atoms with E-state index in [0.717, 1.165) is 5.75 Å². The summed E-state index contributed by atoms with van der Waals surface area (Å²) < 4.78 is 15.8. The van der Waals surface area contributed by atoms with Crippen LogP contribution in [0.1, 0.15) is 6.92 Å². The highest BCUT2D eigenvalue weighted by Gasteiger charge is 2.12. The molecule has 0 fully saturated rings. The van der Waals surface area contributed by atoms with Gasteiger partial charge in [0.25, 0.3) is 5.91 Å². The second-order valence-electron chi connectivity index (χ2n) is 5.67. The predicted molar refractivity (Wildman–Crippen MR) is 102 cm³/mol. The zero-order chi connectivity index (χ0) is 20.2. The summed E-state index contributed by atoms with van der Waals surface area (Å²) in [5, 5.41) is 2.62. The maximum Gasteiger partial charge on any atom is 0.326 e. The van der Waals surface area contributed by atoms with E-state index in [1.54, 1.807) is 37.6 Å². The van der Waals surface area contributed by atoms with Gasteiger partial charge in [0.15, 0.2) is 6.61 Å². The second-order valence-corrected chi connectivity index (χ2v) is 5.67. The van der Waals surface area contributed by atoms with Gasteiger partial charge in [-0.1, -0.05) is 0 Å². The number of nitrogens with zero attached hydrogens (tertiary/aromatic N) is 3. The molecule has 0 aliphatic heterocycles. The third kappa shape index (κ3) is 7.48. The molecule has 9 nitrogen and oxygen atoms in total. The Morgan fingerprint density at radius 3 is 2.36 bits per heavy atom. The summed E-state index contributed by atoms with van der Waals surface area (Å²) in [6.45, 7) is 2.69. The first-order valence-corrected chi connectivity index (χ1v) is 8.84. The minimum atomic E-state index is -0.546. The van der Waals surface area contributed by atoms with Crippen molar-refractivity contribution in [2.24, 2.45) is 0 Å². The lowest BCUT2D eigenvalue weighted by atomic mass is 10.3. The molecule has 2 aromatic rings. The number of anilines is 1. The first-order valence-electron chi connectivity index (χ1n) is 8.84. The molecule has 0 radical (unpaired) electrons. The van der Waals surface area contributed by atoms with Crippen molar-refractivity contribution in [3.8, 4) is 11.5 Å². The molecular formula is C19H24N4O5. The number of hydrogen-bond donors (Lipinski definition) is 1. The molecule has 0 atom stereocenters. The van der Waals surface area contributed by atoms with Crippen molar-refractivity contribution in [3.05, 3.63) is 42.7 Å². The van der Waals surface area contributed by atoms with Crippen LogP contribution in [0.4, 0.5) is 5.95 Å². The Hall–Kier alpha value is -3.36. The molecule has 9 heteroatoms. The lowest BCUT2D eigenvalue weighted by molar-refractivity contribution is -0.147. The van der Waals surface area contributed by atoms with Gasteiger partial charge in [0.05, 0.1) is 13.2 Å². The van der Waals surface area contributed by atoms with E-state index in [1.165, 1.54) is 4.90 Å². The third-order valence-corrected chi connectivity index (χ3v) is 3.45. The van der Waals surface area contributed by atoms with Crippen molar-refractivity contribution in [2.75, 3.05) is 44.9 Å². The highest BCUT2D eigenvalue weighted by Crippen LogP contribution is 2.17. The minimum Gasteiger partial charge on any atom is -0.494 e. The Morgan fingerprint density at radius 1 is 1.07 bits per heavy atom. The molecule has 0 bridgehead atoms. The molecule has 1 aromatic carbocycles. The van der Waals surface area contributed by atoms with Crippen molar-refractivity contribution < 1.29 is 23.8 Å². The topological polar surface area (TPSA) is 103 Å². The number of benzene rings is 1. The van der Waals surface area contributed by atoms with Gasteiger partial charge in [-0.3, -0.25) is 9.59 Å². The average Bonchev–Trinajstić information content (AvgIpc) is 2.71. The number of rotatable bonds is 11. The zero-order valence-electron chi connectivity index (χ0n) is 16.0. The van der Waals surface area contributed by atoms with Crippen LogP contribution in [-0.2, 0) is 14.3 Å². The summed E-state index contributed by atoms with van der Waals surface area (Å²) in [5.41, 5.74) is 0. The van der Waals surface area contributed by atoms with Gasteiger partial charge in [0.2, 0.25) is 5.95 Å². The van der Waals surface area contributed by atoms with Crippen LogP contribution in [0.5, 0.6) is 11.5 Å². The predicted octanol–water partition coefficient (Wildman–Crippen LogP) is 1.05. The molecule has 150 valence electrons. The van der Waals surface area contributed by atoms with Crippen LogP contribution in [-0.4, -0.2) is 61.8 Å². The molecule has 0 aliphatic carbocycles. The van der Waals surface area contributed by atoms with Gasteiger partial charge >= 0.3 is 5.97 Å². The van der Waals surface area contributed by atoms with Crippen molar-refractivity contribution >= 4 is 17.8 Å². The number of likely N-dealkylation sites (N-methyl/N-ethyl adjacent to an activating group) is 1. The number of carbonyl (C=O) groups is 2. The van der Waals surface area contributed by atoms with Crippen molar-refractivity contribution in [2.45, 2.75) is 6.92 Å². The van der Waals surface area contributed by atoms with Crippen LogP contribution >= 0.6 is 0 Å². The van der Waals surface area contributed by atoms with Gasteiger partial charge in [-0.2, -0.15) is 0 Å². The van der Waals surface area contributed by atoms with Gasteiger partial charge in [-0.15, -0.1) is 0 Å². The Kier molecular flexibility index (Phi) is 8.51. The second kappa shape index (κ2) is 11.4. The van der Waals surface area contributed by atoms with Crippen molar-refractivity contribution in [1.82, 2.24) is 15.3 Å². The largest absolute Gasteiger partial charge is 0.494 e. The van der Waals surface area contributed by atoms with E-state index in [9.17, 15) is 9.59 Å². The first-order chi connectivity index (χ1) is 13.6. The Morgan fingerprint density at radius 2 is 1.71 bits per heavy atom. The molecule has 1 heterocycles. The van der Waals surface area contributed by atoms with E-state index in [-0.39, 0.29) is 13.2 Å². The van der Waals surface area contributed by atoms with E-state index in [0.29, 0.717) is 31.5 Å². The average molecular weight is 388 g/mol. The van der Waals surface area contributed by atoms with Crippen LogP contribution in [0, 0.1) is 0 Å². The Balaban J connectivity index is 1.58. The van der Waals surface area contributed by atoms with Crippen LogP contribution in [0.15, 0.2) is 42.7 Å². The maximum absolute atomic E-state index is 11.8. The van der Waals surface area contributed by atoms with E-state index in [4.69, 9.17) is 14.2 Å². The molecule has 28 heavy (non-hydrogen) atoms. The number of hydrogen-bond acceptors (Lipinski definition) is 8. The zero-order valence-corrected chi connectivity index (χ0v) is 16.0. The van der Waals surface area contributed by atoms with Crippen LogP contribution in [0.3, 0.4) is 0 Å². The molecule has 1 amide bonds. The number of ether oxygens (including phenoxy) is 3. The highest BCUT2D eigenvalue weighted by molar-refractivity contribution is 5.81. The van der Waals surface area contributed by atoms with E-state index < -0.39 is 11.9 Å². The van der Waals surface area contributed by atoms with Gasteiger partial charge in [-0.05, 0) is 37.3 Å². The number of aromatic nitrogens is 2. The highest BCUT2D eigenvalue weighted by atomic mass is 16.5. The van der Waals surface area contributed by atoms with Crippen LogP contribution in [0.2, 0.25) is 0 Å². The van der Waals surface area contributed by atoms with E-state index in [1.807, 2.05) is 19.1 Å². The van der Waals surface area contributed by atoms with Gasteiger partial charge in [0, 0.05) is 19.4 Å². The first kappa shape index (κ1) is 20.9. The standard InChI is InChI=1S/C19H24N4O5/c1-3-26-15-5-7-16(8-6-15)27-12-11-20-17(24)14-28-18(25)13-23(2)19-21-9-4-10-22-19/h4-10H,3,11-14H2,1-2H3,(H,20,24). The van der Waals surface area contributed by atoms with Gasteiger partial charge in [0.1, 0.15) is 24.7 Å². The molecule has 0 aliphatic rings. The van der Waals surface area contributed by atoms with E-state index >= 15 is 0 Å². The van der Waals surface area contributed by atoms with Crippen molar-refractivity contribution in [3.63, 3.8) is 0 Å². The number of esters is 1. The summed E-state index contributed by atoms with van der Waals surface area (Å²) in [6.07, 6.45) is 3.15. The molecular weight excluding hydrogens is 364 g/mol.